The topological polar surface area (TPSA) is 135 Å². The lowest BCUT2D eigenvalue weighted by Gasteiger charge is -2.30. The number of hydrogen-bond acceptors (Lipinski definition) is 8. The average Bonchev–Trinajstić information content (AvgIpc) is 3.40. The Balaban J connectivity index is 1.64. The van der Waals surface area contributed by atoms with E-state index in [2.05, 4.69) is 20.3 Å². The van der Waals surface area contributed by atoms with E-state index in [0.717, 1.165) is 27.5 Å². The maximum absolute atomic E-state index is 12.0. The van der Waals surface area contributed by atoms with Crippen molar-refractivity contribution in [1.29, 1.82) is 0 Å². The molecule has 11 nitrogen and oxygen atoms in total. The number of ether oxygens (including phenoxy) is 1. The molecule has 12 heteroatoms. The number of H-pyrrole nitrogens is 1. The molecular weight excluding hydrogens is 470 g/mol. The first-order valence-corrected chi connectivity index (χ1v) is 13.1. The van der Waals surface area contributed by atoms with Gasteiger partial charge in [-0.2, -0.15) is 5.10 Å². The molecule has 1 aliphatic heterocycles. The molecule has 1 aromatic carbocycles. The number of aromatic amines is 1. The summed E-state index contributed by atoms with van der Waals surface area (Å²) in [5, 5.41) is 9.89. The van der Waals surface area contributed by atoms with Gasteiger partial charge in [-0.25, -0.2) is 32.2 Å². The van der Waals surface area contributed by atoms with Crippen LogP contribution in [0.4, 0.5) is 5.82 Å². The number of aromatic nitrogens is 5. The first kappa shape index (κ1) is 23.2. The maximum Gasteiger partial charge on any atom is 0.337 e. The third-order valence-corrected chi connectivity index (χ3v) is 7.98. The van der Waals surface area contributed by atoms with Gasteiger partial charge in [0.1, 0.15) is 17.8 Å². The van der Waals surface area contributed by atoms with Gasteiger partial charge in [-0.3, -0.25) is 0 Å². The van der Waals surface area contributed by atoms with E-state index in [4.69, 9.17) is 9.84 Å². The second-order valence-electron chi connectivity index (χ2n) is 8.73. The van der Waals surface area contributed by atoms with Crippen LogP contribution in [0.15, 0.2) is 24.5 Å². The average molecular weight is 498 g/mol. The molecule has 5 rings (SSSR count). The number of carbonyl (C=O) groups is 1. The van der Waals surface area contributed by atoms with Crippen LogP contribution in [-0.2, 0) is 14.8 Å². The minimum atomic E-state index is -3.22. The first-order chi connectivity index (χ1) is 16.7. The second-order valence-corrected chi connectivity index (χ2v) is 10.7. The van der Waals surface area contributed by atoms with Gasteiger partial charge < -0.3 is 15.0 Å². The molecule has 1 saturated heterocycles. The number of esters is 1. The van der Waals surface area contributed by atoms with E-state index in [9.17, 15) is 13.2 Å². The highest BCUT2D eigenvalue weighted by molar-refractivity contribution is 7.88. The number of fused-ring (bicyclic) bond motifs is 2. The molecular formula is C23H27N7O4S. The summed E-state index contributed by atoms with van der Waals surface area (Å²) in [4.78, 5) is 24.4. The van der Waals surface area contributed by atoms with E-state index in [-0.39, 0.29) is 6.04 Å². The largest absolute Gasteiger partial charge is 0.465 e. The zero-order chi connectivity index (χ0) is 24.9. The van der Waals surface area contributed by atoms with Crippen molar-refractivity contribution in [2.24, 2.45) is 0 Å². The van der Waals surface area contributed by atoms with Gasteiger partial charge in [-0.05, 0) is 37.5 Å². The Morgan fingerprint density at radius 1 is 1.23 bits per heavy atom. The number of aryl methyl sites for hydroxylation is 1. The molecule has 0 saturated carbocycles. The van der Waals surface area contributed by atoms with Crippen molar-refractivity contribution in [3.63, 3.8) is 0 Å². The van der Waals surface area contributed by atoms with Gasteiger partial charge >= 0.3 is 5.97 Å². The number of hydrogen-bond donors (Lipinski definition) is 2. The van der Waals surface area contributed by atoms with Crippen LogP contribution in [0.5, 0.6) is 0 Å². The van der Waals surface area contributed by atoms with Crippen LogP contribution in [0, 0.1) is 6.92 Å². The number of nitrogens with zero attached hydrogens (tertiary/aromatic N) is 5. The number of carbonyl (C=O) groups excluding carboxylic acids is 1. The SMILES string of the molecule is CNc1ncnc2c1c(-c1[nH]c3cc(C(=O)OC)ccc3c1C)nn2C1CCN(S(C)(=O)=O)CC1. The van der Waals surface area contributed by atoms with Crippen LogP contribution < -0.4 is 5.32 Å². The predicted molar refractivity (Wildman–Crippen MR) is 133 cm³/mol. The molecule has 4 heterocycles. The van der Waals surface area contributed by atoms with E-state index in [1.165, 1.54) is 24.0 Å². The lowest BCUT2D eigenvalue weighted by atomic mass is 10.1. The second kappa shape index (κ2) is 8.61. The fourth-order valence-electron chi connectivity index (χ4n) is 4.83. The van der Waals surface area contributed by atoms with Gasteiger partial charge in [0, 0.05) is 31.0 Å². The van der Waals surface area contributed by atoms with Gasteiger partial charge in [-0.1, -0.05) is 6.07 Å². The summed E-state index contributed by atoms with van der Waals surface area (Å²) in [6, 6.07) is 5.41. The van der Waals surface area contributed by atoms with Crippen molar-refractivity contribution in [1.82, 2.24) is 29.0 Å². The van der Waals surface area contributed by atoms with E-state index >= 15 is 0 Å². The summed E-state index contributed by atoms with van der Waals surface area (Å²) in [6.07, 6.45) is 4.01. The normalized spacial score (nSPS) is 15.7. The summed E-state index contributed by atoms with van der Waals surface area (Å²) in [6.45, 7) is 2.88. The fraction of sp³-hybridized carbons (Fsp3) is 0.391. The molecule has 2 N–H and O–H groups in total. The van der Waals surface area contributed by atoms with Gasteiger partial charge in [0.05, 0.1) is 36.1 Å². The molecule has 35 heavy (non-hydrogen) atoms. The van der Waals surface area contributed by atoms with Crippen LogP contribution in [0.1, 0.15) is 34.8 Å². The Hall–Kier alpha value is -3.51. The van der Waals surface area contributed by atoms with Crippen molar-refractivity contribution in [3.05, 3.63) is 35.7 Å². The van der Waals surface area contributed by atoms with Crippen LogP contribution in [-0.4, -0.2) is 76.9 Å². The number of anilines is 1. The number of benzene rings is 1. The highest BCUT2D eigenvalue weighted by atomic mass is 32.2. The van der Waals surface area contributed by atoms with Crippen molar-refractivity contribution in [3.8, 4) is 11.4 Å². The van der Waals surface area contributed by atoms with Crippen molar-refractivity contribution in [2.45, 2.75) is 25.8 Å². The zero-order valence-corrected chi connectivity index (χ0v) is 20.8. The third-order valence-electron chi connectivity index (χ3n) is 6.68. The van der Waals surface area contributed by atoms with Crippen molar-refractivity contribution >= 4 is 43.7 Å². The molecule has 0 unspecified atom stereocenters. The van der Waals surface area contributed by atoms with Crippen molar-refractivity contribution in [2.75, 3.05) is 38.8 Å². The van der Waals surface area contributed by atoms with E-state index < -0.39 is 16.0 Å². The Morgan fingerprint density at radius 3 is 2.63 bits per heavy atom. The molecule has 0 radical (unpaired) electrons. The summed E-state index contributed by atoms with van der Waals surface area (Å²) in [5.74, 6) is 0.250. The number of rotatable bonds is 5. The number of sulfonamides is 1. The first-order valence-electron chi connectivity index (χ1n) is 11.3. The smallest absolute Gasteiger partial charge is 0.337 e. The summed E-state index contributed by atoms with van der Waals surface area (Å²) in [7, 11) is -0.0671. The number of methoxy groups -OCH3 is 1. The number of piperidine rings is 1. The molecule has 3 aromatic heterocycles. The van der Waals surface area contributed by atoms with Gasteiger partial charge in [0.2, 0.25) is 10.0 Å². The van der Waals surface area contributed by atoms with Gasteiger partial charge in [-0.15, -0.1) is 0 Å². The minimum absolute atomic E-state index is 0.000493. The molecule has 4 aromatic rings. The Morgan fingerprint density at radius 2 is 1.97 bits per heavy atom. The van der Waals surface area contributed by atoms with Gasteiger partial charge in [0.15, 0.2) is 5.65 Å². The zero-order valence-electron chi connectivity index (χ0n) is 20.0. The monoisotopic (exact) mass is 497 g/mol. The van der Waals surface area contributed by atoms with Gasteiger partial charge in [0.25, 0.3) is 0 Å². The molecule has 0 spiro atoms. The Kier molecular flexibility index (Phi) is 5.72. The molecule has 1 aliphatic rings. The quantitative estimate of drug-likeness (QED) is 0.402. The molecule has 1 fully saturated rings. The molecule has 0 bridgehead atoms. The molecule has 0 amide bonds. The lowest BCUT2D eigenvalue weighted by molar-refractivity contribution is 0.0601. The van der Waals surface area contributed by atoms with Crippen LogP contribution >= 0.6 is 0 Å². The standard InChI is InChI=1S/C23H27N7O4S/c1-13-16-6-5-14(23(31)34-3)11-17(16)27-19(13)20-18-21(24-2)25-12-26-22(18)30(28-20)15-7-9-29(10-8-15)35(4,32)33/h5-6,11-12,15,27H,7-10H2,1-4H3,(H,24,25,26). The molecule has 184 valence electrons. The minimum Gasteiger partial charge on any atom is -0.465 e. The predicted octanol–water partition coefficient (Wildman–Crippen LogP) is 2.71. The fourth-order valence-corrected chi connectivity index (χ4v) is 5.70. The maximum atomic E-state index is 12.0. The molecule has 0 aliphatic carbocycles. The summed E-state index contributed by atoms with van der Waals surface area (Å²) < 4.78 is 32.2. The molecule has 0 atom stereocenters. The lowest BCUT2D eigenvalue weighted by Crippen LogP contribution is -2.38. The van der Waals surface area contributed by atoms with E-state index in [0.29, 0.717) is 48.7 Å². The van der Waals surface area contributed by atoms with E-state index in [1.54, 1.807) is 19.2 Å². The Bertz CT molecular complexity index is 1550. The summed E-state index contributed by atoms with van der Waals surface area (Å²) in [5.41, 5.74) is 4.44. The Labute approximate surface area is 202 Å². The highest BCUT2D eigenvalue weighted by Crippen LogP contribution is 2.38. The summed E-state index contributed by atoms with van der Waals surface area (Å²) >= 11 is 0. The van der Waals surface area contributed by atoms with Crippen LogP contribution in [0.3, 0.4) is 0 Å². The van der Waals surface area contributed by atoms with Crippen LogP contribution in [0.25, 0.3) is 33.3 Å². The highest BCUT2D eigenvalue weighted by Gasteiger charge is 2.30. The van der Waals surface area contributed by atoms with Crippen molar-refractivity contribution < 1.29 is 17.9 Å². The van der Waals surface area contributed by atoms with E-state index in [1.807, 2.05) is 17.7 Å². The third kappa shape index (κ3) is 3.92. The number of nitrogens with one attached hydrogen (secondary N) is 2. The van der Waals surface area contributed by atoms with Crippen LogP contribution in [0.2, 0.25) is 0 Å².